The molecule has 18 heavy (non-hydrogen) atoms. The fourth-order valence-electron chi connectivity index (χ4n) is 3.72. The number of likely N-dealkylation sites (tertiary alicyclic amines) is 1. The highest BCUT2D eigenvalue weighted by Crippen LogP contribution is 2.29. The molecule has 1 N–H and O–H groups in total. The molecular weight excluding hydrogens is 224 g/mol. The van der Waals surface area contributed by atoms with Gasteiger partial charge in [-0.25, -0.2) is 0 Å². The van der Waals surface area contributed by atoms with Crippen molar-refractivity contribution >= 4 is 0 Å². The maximum Gasteiger partial charge on any atom is 0.0707 e. The smallest absolute Gasteiger partial charge is 0.0707 e. The second-order valence-electron chi connectivity index (χ2n) is 5.84. The molecule has 0 spiro atoms. The predicted octanol–water partition coefficient (Wildman–Crippen LogP) is 2.41. The summed E-state index contributed by atoms with van der Waals surface area (Å²) in [4.78, 5) is 2.70. The van der Waals surface area contributed by atoms with Crippen LogP contribution in [0.4, 0.5) is 0 Å². The zero-order valence-electron chi connectivity index (χ0n) is 12.3. The number of nitrogens with one attached hydrogen (secondary N) is 1. The minimum absolute atomic E-state index is 0.515. The number of ether oxygens (including phenoxy) is 1. The third-order valence-electron chi connectivity index (χ3n) is 4.49. The summed E-state index contributed by atoms with van der Waals surface area (Å²) in [5.41, 5.74) is 0. The Kier molecular flexibility index (Phi) is 5.46. The lowest BCUT2D eigenvalue weighted by Gasteiger charge is -2.41. The molecule has 0 aromatic rings. The van der Waals surface area contributed by atoms with Gasteiger partial charge in [-0.15, -0.1) is 0 Å². The molecule has 0 aromatic carbocycles. The predicted molar refractivity (Wildman–Crippen MR) is 75.9 cm³/mol. The number of hydrogen-bond acceptors (Lipinski definition) is 3. The van der Waals surface area contributed by atoms with Crippen molar-refractivity contribution in [3.8, 4) is 0 Å². The molecule has 2 heterocycles. The van der Waals surface area contributed by atoms with E-state index in [4.69, 9.17) is 4.74 Å². The third-order valence-corrected chi connectivity index (χ3v) is 4.49. The van der Waals surface area contributed by atoms with Crippen LogP contribution in [0.15, 0.2) is 0 Å². The van der Waals surface area contributed by atoms with Crippen molar-refractivity contribution in [1.82, 2.24) is 10.2 Å². The van der Waals surface area contributed by atoms with Crippen molar-refractivity contribution in [3.63, 3.8) is 0 Å². The van der Waals surface area contributed by atoms with Gasteiger partial charge >= 0.3 is 0 Å². The van der Waals surface area contributed by atoms with E-state index in [-0.39, 0.29) is 0 Å². The Bertz CT molecular complexity index is 229. The SMILES string of the molecule is CCCC(NCC)C(CC)N1CC2CCC(C1)O2. The Morgan fingerprint density at radius 3 is 2.33 bits per heavy atom. The lowest BCUT2D eigenvalue weighted by Crippen LogP contribution is -2.55. The fraction of sp³-hybridized carbons (Fsp3) is 1.00. The number of morpholine rings is 1. The maximum absolute atomic E-state index is 5.96. The molecule has 2 rings (SSSR count). The Balaban J connectivity index is 1.97. The van der Waals surface area contributed by atoms with Crippen molar-refractivity contribution in [1.29, 1.82) is 0 Å². The summed E-state index contributed by atoms with van der Waals surface area (Å²) in [5, 5.41) is 3.70. The lowest BCUT2D eigenvalue weighted by atomic mass is 9.98. The number of rotatable bonds is 7. The monoisotopic (exact) mass is 254 g/mol. The number of hydrogen-bond donors (Lipinski definition) is 1. The van der Waals surface area contributed by atoms with Crippen LogP contribution >= 0.6 is 0 Å². The van der Waals surface area contributed by atoms with Gasteiger partial charge in [-0.2, -0.15) is 0 Å². The van der Waals surface area contributed by atoms with Crippen LogP contribution in [0, 0.1) is 0 Å². The van der Waals surface area contributed by atoms with Crippen LogP contribution in [0.5, 0.6) is 0 Å². The molecule has 2 fully saturated rings. The summed E-state index contributed by atoms with van der Waals surface area (Å²) in [6.45, 7) is 10.2. The maximum atomic E-state index is 5.96. The summed E-state index contributed by atoms with van der Waals surface area (Å²) in [5.74, 6) is 0. The quantitative estimate of drug-likeness (QED) is 0.755. The molecule has 106 valence electrons. The van der Waals surface area contributed by atoms with Gasteiger partial charge in [0.25, 0.3) is 0 Å². The van der Waals surface area contributed by atoms with E-state index in [0.717, 1.165) is 19.6 Å². The first kappa shape index (κ1) is 14.3. The third kappa shape index (κ3) is 3.25. The van der Waals surface area contributed by atoms with Gasteiger partial charge in [-0.1, -0.05) is 27.2 Å². The molecular formula is C15H30N2O. The topological polar surface area (TPSA) is 24.5 Å². The lowest BCUT2D eigenvalue weighted by molar-refractivity contribution is -0.0585. The second-order valence-corrected chi connectivity index (χ2v) is 5.84. The zero-order chi connectivity index (χ0) is 13.0. The average Bonchev–Trinajstić information content (AvgIpc) is 2.70. The van der Waals surface area contributed by atoms with Crippen LogP contribution in [0.2, 0.25) is 0 Å². The molecule has 3 heteroatoms. The van der Waals surface area contributed by atoms with Crippen molar-refractivity contribution in [3.05, 3.63) is 0 Å². The average molecular weight is 254 g/mol. The number of fused-ring (bicyclic) bond motifs is 2. The molecule has 2 aliphatic rings. The first-order chi connectivity index (χ1) is 8.78. The van der Waals surface area contributed by atoms with Gasteiger partial charge in [0.05, 0.1) is 12.2 Å². The van der Waals surface area contributed by atoms with Crippen LogP contribution in [0.3, 0.4) is 0 Å². The highest BCUT2D eigenvalue weighted by Gasteiger charge is 2.37. The van der Waals surface area contributed by atoms with Crippen molar-refractivity contribution < 1.29 is 4.74 Å². The highest BCUT2D eigenvalue weighted by molar-refractivity contribution is 4.91. The molecule has 0 saturated carbocycles. The molecule has 0 aromatic heterocycles. The standard InChI is InChI=1S/C15H30N2O/c1-4-7-14(16-6-3)15(5-2)17-10-12-8-9-13(11-17)18-12/h12-16H,4-11H2,1-3H3. The normalized spacial score (nSPS) is 31.5. The Morgan fingerprint density at radius 1 is 1.17 bits per heavy atom. The Hall–Kier alpha value is -0.120. The first-order valence-electron chi connectivity index (χ1n) is 7.91. The van der Waals surface area contributed by atoms with Crippen molar-refractivity contribution in [2.75, 3.05) is 19.6 Å². The van der Waals surface area contributed by atoms with E-state index in [2.05, 4.69) is 31.0 Å². The van der Waals surface area contributed by atoms with E-state index in [0.29, 0.717) is 24.3 Å². The summed E-state index contributed by atoms with van der Waals surface area (Å²) in [7, 11) is 0. The molecule has 4 unspecified atom stereocenters. The Morgan fingerprint density at radius 2 is 1.83 bits per heavy atom. The molecule has 2 bridgehead atoms. The fourth-order valence-corrected chi connectivity index (χ4v) is 3.72. The summed E-state index contributed by atoms with van der Waals surface area (Å²) < 4.78 is 5.96. The van der Waals surface area contributed by atoms with Crippen molar-refractivity contribution in [2.45, 2.75) is 77.2 Å². The summed E-state index contributed by atoms with van der Waals surface area (Å²) in [6.07, 6.45) is 7.39. The molecule has 0 aliphatic carbocycles. The van der Waals surface area contributed by atoms with Crippen molar-refractivity contribution in [2.24, 2.45) is 0 Å². The van der Waals surface area contributed by atoms with E-state index < -0.39 is 0 Å². The summed E-state index contributed by atoms with van der Waals surface area (Å²) >= 11 is 0. The van der Waals surface area contributed by atoms with Crippen LogP contribution in [0.1, 0.15) is 52.9 Å². The summed E-state index contributed by atoms with van der Waals surface area (Å²) in [6, 6.07) is 1.35. The molecule has 0 radical (unpaired) electrons. The molecule has 0 amide bonds. The van der Waals surface area contributed by atoms with E-state index in [1.54, 1.807) is 0 Å². The van der Waals surface area contributed by atoms with Gasteiger partial charge < -0.3 is 10.1 Å². The minimum atomic E-state index is 0.515. The number of nitrogens with zero attached hydrogens (tertiary/aromatic N) is 1. The zero-order valence-corrected chi connectivity index (χ0v) is 12.3. The highest BCUT2D eigenvalue weighted by atomic mass is 16.5. The largest absolute Gasteiger partial charge is 0.372 e. The first-order valence-corrected chi connectivity index (χ1v) is 7.91. The molecule has 2 aliphatic heterocycles. The number of likely N-dealkylation sites (N-methyl/N-ethyl adjacent to an activating group) is 1. The van der Waals surface area contributed by atoms with Crippen LogP contribution < -0.4 is 5.32 Å². The van der Waals surface area contributed by atoms with E-state index in [1.165, 1.54) is 32.1 Å². The minimum Gasteiger partial charge on any atom is -0.372 e. The van der Waals surface area contributed by atoms with Crippen LogP contribution in [-0.2, 0) is 4.74 Å². The van der Waals surface area contributed by atoms with Crippen LogP contribution in [0.25, 0.3) is 0 Å². The Labute approximate surface area is 112 Å². The van der Waals surface area contributed by atoms with Gasteiger partial charge in [0.2, 0.25) is 0 Å². The van der Waals surface area contributed by atoms with E-state index in [9.17, 15) is 0 Å². The van der Waals surface area contributed by atoms with Gasteiger partial charge in [0.1, 0.15) is 0 Å². The van der Waals surface area contributed by atoms with E-state index >= 15 is 0 Å². The molecule has 2 saturated heterocycles. The molecule has 3 nitrogen and oxygen atoms in total. The van der Waals surface area contributed by atoms with Gasteiger partial charge in [0.15, 0.2) is 0 Å². The molecule has 4 atom stereocenters. The second kappa shape index (κ2) is 6.88. The van der Waals surface area contributed by atoms with E-state index in [1.807, 2.05) is 0 Å². The van der Waals surface area contributed by atoms with Gasteiger partial charge in [-0.05, 0) is 32.2 Å². The van der Waals surface area contributed by atoms with Gasteiger partial charge in [0, 0.05) is 25.2 Å². The van der Waals surface area contributed by atoms with Gasteiger partial charge in [-0.3, -0.25) is 4.90 Å². The van der Waals surface area contributed by atoms with Crippen LogP contribution in [-0.4, -0.2) is 48.8 Å².